The van der Waals surface area contributed by atoms with E-state index in [4.69, 9.17) is 9.47 Å². The Balaban J connectivity index is 0.596. The molecule has 4 N–H and O–H groups in total. The van der Waals surface area contributed by atoms with Crippen molar-refractivity contribution in [2.75, 3.05) is 76.3 Å². The molecule has 2 fully saturated rings. The number of aliphatic hydroxyl groups is 1. The summed E-state index contributed by atoms with van der Waals surface area (Å²) in [6.45, 7) is 19.5. The van der Waals surface area contributed by atoms with Gasteiger partial charge in [-0.1, -0.05) is 82.5 Å². The predicted octanol–water partition coefficient (Wildman–Crippen LogP) is 11.6. The summed E-state index contributed by atoms with van der Waals surface area (Å²) in [6.07, 6.45) is 15.4. The number of aromatic nitrogens is 4. The highest BCUT2D eigenvalue weighted by atomic mass is 32.1. The van der Waals surface area contributed by atoms with E-state index in [1.165, 1.54) is 29.7 Å². The van der Waals surface area contributed by atoms with Gasteiger partial charge in [-0.3, -0.25) is 29.1 Å². The number of amides is 3. The van der Waals surface area contributed by atoms with E-state index in [-0.39, 0.29) is 42.9 Å². The minimum Gasteiger partial charge on any atom is -0.391 e. The van der Waals surface area contributed by atoms with Gasteiger partial charge in [-0.15, -0.1) is 11.3 Å². The monoisotopic (exact) mass is 1190 g/mol. The molecule has 3 aromatic heterocycles. The van der Waals surface area contributed by atoms with E-state index in [2.05, 4.69) is 57.8 Å². The van der Waals surface area contributed by atoms with Gasteiger partial charge in [0.05, 0.1) is 27.9 Å². The maximum Gasteiger partial charge on any atom is 0.255 e. The van der Waals surface area contributed by atoms with Crippen LogP contribution >= 0.6 is 11.3 Å². The molecule has 8 rings (SSSR count). The highest BCUT2D eigenvalue weighted by Crippen LogP contribution is 2.35. The smallest absolute Gasteiger partial charge is 0.255 e. The van der Waals surface area contributed by atoms with Gasteiger partial charge in [0.1, 0.15) is 11.8 Å². The zero-order chi connectivity index (χ0) is 60.7. The highest BCUT2D eigenvalue weighted by molar-refractivity contribution is 7.13. The lowest BCUT2D eigenvalue weighted by Crippen LogP contribution is -2.50. The summed E-state index contributed by atoms with van der Waals surface area (Å²) in [5, 5.41) is 20.0. The number of thiazole rings is 1. The molecule has 460 valence electrons. The van der Waals surface area contributed by atoms with Crippen LogP contribution in [-0.2, 0) is 36.9 Å². The Morgan fingerprint density at radius 1 is 0.744 bits per heavy atom. The number of Topliss-reactive ketones (excluding diaryl/α,β-unsaturated/α-hetero) is 1. The topological polar surface area (TPSA) is 204 Å². The average Bonchev–Trinajstić information content (AvgIpc) is 4.05. The first-order valence-electron chi connectivity index (χ1n) is 31.1. The number of pyridine rings is 1. The fraction of sp³-hybridized carbons (Fsp3) is 0.500. The van der Waals surface area contributed by atoms with Crippen molar-refractivity contribution < 1.29 is 33.8 Å². The first-order valence-corrected chi connectivity index (χ1v) is 31.9. The molecule has 0 aliphatic carbocycles. The first-order chi connectivity index (χ1) is 41.7. The third-order valence-electron chi connectivity index (χ3n) is 16.3. The average molecular weight is 1190 g/mol. The number of benzene rings is 3. The van der Waals surface area contributed by atoms with Gasteiger partial charge in [-0.2, -0.15) is 0 Å². The molecule has 86 heavy (non-hydrogen) atoms. The molecular weight excluding hydrogens is 1100 g/mol. The molecule has 0 radical (unpaired) electrons. The summed E-state index contributed by atoms with van der Waals surface area (Å²) < 4.78 is 11.8. The first kappa shape index (κ1) is 65.2. The SMILES string of the molecule is Cc1ccc(NC(=O)c2ccc(CN3CCN(CCCCCCOCCCCCOCCCCCC(=O)C[C@H](C(=O)N4C[C@H](O)C[C@H]4C(=O)NCc4ccc(-c5scnc5C)cc4)C(C)(C)C)CC3)cc2)cc1Nc1nccc(-c2cccnc2)n1. The van der Waals surface area contributed by atoms with Crippen LogP contribution in [0.1, 0.15) is 137 Å². The molecule has 6 aromatic rings. The van der Waals surface area contributed by atoms with E-state index in [0.717, 1.165) is 148 Å². The second-order valence-corrected chi connectivity index (χ2v) is 25.0. The predicted molar refractivity (Wildman–Crippen MR) is 341 cm³/mol. The van der Waals surface area contributed by atoms with Crippen LogP contribution in [0.3, 0.4) is 0 Å². The van der Waals surface area contributed by atoms with Crippen molar-refractivity contribution in [3.05, 3.63) is 137 Å². The van der Waals surface area contributed by atoms with Crippen molar-refractivity contribution in [3.63, 3.8) is 0 Å². The van der Waals surface area contributed by atoms with Crippen molar-refractivity contribution in [2.45, 2.75) is 143 Å². The number of aryl methyl sites for hydroxylation is 2. The van der Waals surface area contributed by atoms with Crippen LogP contribution in [-0.4, -0.2) is 141 Å². The number of hydrogen-bond donors (Lipinski definition) is 4. The minimum absolute atomic E-state index is 0.0465. The number of likely N-dealkylation sites (tertiary alicyclic amines) is 1. The molecule has 2 aliphatic heterocycles. The normalized spacial score (nSPS) is 16.0. The standard InChI is InChI=1S/C68H90N10O7S/c1-49-19-28-56(41-61(49)75-67-70-31-29-60(74-67)55-17-16-30-69-45-55)73-64(81)54-26-22-52(23-27-54)46-77-35-33-76(34-36-77)32-11-6-7-12-37-84-39-14-9-15-40-85-38-13-8-10-18-57(79)42-59(68(3,4)5)66(83)78-47-58(80)43-62(78)65(82)71-44-51-20-24-53(25-21-51)63-50(2)72-48-86-63/h16-17,19-31,41,45,48,58-59,62,80H,6-15,18,32-40,42-44,46-47H2,1-5H3,(H,71,82)(H,73,81)(H,70,74,75)/t58-,59-,62+/m1/s1. The lowest BCUT2D eigenvalue weighted by Gasteiger charge is -2.34. The highest BCUT2D eigenvalue weighted by Gasteiger charge is 2.44. The van der Waals surface area contributed by atoms with E-state index in [0.29, 0.717) is 36.8 Å². The minimum atomic E-state index is -0.802. The molecule has 17 nitrogen and oxygen atoms in total. The van der Waals surface area contributed by atoms with Gasteiger partial charge in [-0.05, 0) is 135 Å². The largest absolute Gasteiger partial charge is 0.391 e. The molecule has 3 amide bonds. The molecule has 5 heterocycles. The summed E-state index contributed by atoms with van der Waals surface area (Å²) in [4.78, 5) is 79.4. The molecule has 3 aromatic carbocycles. The van der Waals surface area contributed by atoms with E-state index >= 15 is 0 Å². The number of rotatable bonds is 33. The Morgan fingerprint density at radius 3 is 2.09 bits per heavy atom. The van der Waals surface area contributed by atoms with E-state index < -0.39 is 23.5 Å². The number of ether oxygens (including phenoxy) is 2. The number of nitrogens with one attached hydrogen (secondary N) is 3. The number of unbranched alkanes of at least 4 members (excludes halogenated alkanes) is 7. The summed E-state index contributed by atoms with van der Waals surface area (Å²) >= 11 is 1.59. The van der Waals surface area contributed by atoms with Crippen molar-refractivity contribution in [3.8, 4) is 21.7 Å². The van der Waals surface area contributed by atoms with Crippen LogP contribution in [0, 0.1) is 25.2 Å². The Kier molecular flexibility index (Phi) is 25.3. The number of carbonyl (C=O) groups excluding carboxylic acids is 4. The van der Waals surface area contributed by atoms with Gasteiger partial charge in [0, 0.05) is 139 Å². The molecule has 18 heteroatoms. The van der Waals surface area contributed by atoms with Crippen LogP contribution < -0.4 is 16.0 Å². The lowest BCUT2D eigenvalue weighted by molar-refractivity contribution is -0.146. The molecule has 0 saturated carbocycles. The summed E-state index contributed by atoms with van der Waals surface area (Å²) in [7, 11) is 0. The Labute approximate surface area is 513 Å². The van der Waals surface area contributed by atoms with Gasteiger partial charge in [0.25, 0.3) is 5.91 Å². The number of aliphatic hydroxyl groups excluding tert-OH is 1. The van der Waals surface area contributed by atoms with Crippen molar-refractivity contribution in [1.82, 2.24) is 40.0 Å². The second kappa shape index (κ2) is 33.4. The molecule has 0 bridgehead atoms. The van der Waals surface area contributed by atoms with Crippen LogP contribution in [0.5, 0.6) is 0 Å². The number of hydrogen-bond acceptors (Lipinski definition) is 15. The summed E-state index contributed by atoms with van der Waals surface area (Å²) in [5.74, 6) is -0.802. The molecule has 0 spiro atoms. The quantitative estimate of drug-likeness (QED) is 0.0283. The number of piperazine rings is 1. The van der Waals surface area contributed by atoms with Crippen molar-refractivity contribution in [1.29, 1.82) is 0 Å². The number of anilines is 3. The third-order valence-corrected chi connectivity index (χ3v) is 17.3. The number of β-amino-alcohol motifs (C(OH)–C–C–N with tert-alkyl or cyclic N) is 1. The van der Waals surface area contributed by atoms with E-state index in [1.54, 1.807) is 29.9 Å². The zero-order valence-corrected chi connectivity index (χ0v) is 52.1. The van der Waals surface area contributed by atoms with Crippen LogP contribution in [0.4, 0.5) is 17.3 Å². The van der Waals surface area contributed by atoms with Crippen LogP contribution in [0.2, 0.25) is 0 Å². The van der Waals surface area contributed by atoms with Gasteiger partial charge < -0.3 is 40.3 Å². The molecule has 2 aliphatic rings. The third kappa shape index (κ3) is 20.4. The maximum atomic E-state index is 14.1. The molecule has 0 unspecified atom stereocenters. The zero-order valence-electron chi connectivity index (χ0n) is 51.2. The van der Waals surface area contributed by atoms with E-state index in [9.17, 15) is 24.3 Å². The molecule has 3 atom stereocenters. The van der Waals surface area contributed by atoms with Crippen molar-refractivity contribution >= 4 is 52.2 Å². The van der Waals surface area contributed by atoms with Crippen molar-refractivity contribution in [2.24, 2.45) is 11.3 Å². The Morgan fingerprint density at radius 2 is 1.42 bits per heavy atom. The van der Waals surface area contributed by atoms with E-state index in [1.807, 2.05) is 113 Å². The van der Waals surface area contributed by atoms with Gasteiger partial charge in [0.15, 0.2) is 0 Å². The second-order valence-electron chi connectivity index (χ2n) is 24.2. The molecular formula is C68H90N10O7S. The Bertz CT molecular complexity index is 3070. The van der Waals surface area contributed by atoms with Gasteiger partial charge in [0.2, 0.25) is 17.8 Å². The fourth-order valence-corrected chi connectivity index (χ4v) is 11.9. The number of carbonyl (C=O) groups is 4. The van der Waals surface area contributed by atoms with Crippen LogP contribution in [0.15, 0.2) is 109 Å². The number of nitrogens with zero attached hydrogens (tertiary/aromatic N) is 7. The molecule has 2 saturated heterocycles. The summed E-state index contributed by atoms with van der Waals surface area (Å²) in [5.41, 5.74) is 10.3. The van der Waals surface area contributed by atoms with Gasteiger partial charge >= 0.3 is 0 Å². The maximum absolute atomic E-state index is 14.1. The number of ketones is 1. The summed E-state index contributed by atoms with van der Waals surface area (Å²) in [6, 6.07) is 26.6. The van der Waals surface area contributed by atoms with Crippen LogP contribution in [0.25, 0.3) is 21.7 Å². The fourth-order valence-electron chi connectivity index (χ4n) is 11.1. The lowest BCUT2D eigenvalue weighted by atomic mass is 9.76. The Hall–Kier alpha value is -6.80. The van der Waals surface area contributed by atoms with Gasteiger partial charge in [-0.25, -0.2) is 15.0 Å².